The van der Waals surface area contributed by atoms with Crippen LogP contribution in [-0.4, -0.2) is 23.0 Å². The fraction of sp³-hybridized carbons (Fsp3) is 0.267. The van der Waals surface area contributed by atoms with E-state index in [9.17, 15) is 14.4 Å². The number of rotatable bonds is 6. The molecule has 21 heavy (non-hydrogen) atoms. The third-order valence-corrected chi connectivity index (χ3v) is 2.41. The Morgan fingerprint density at radius 1 is 1.05 bits per heavy atom. The van der Waals surface area contributed by atoms with Crippen LogP contribution >= 0.6 is 0 Å². The van der Waals surface area contributed by atoms with Crippen molar-refractivity contribution in [3.8, 4) is 11.5 Å². The van der Waals surface area contributed by atoms with Crippen molar-refractivity contribution in [3.63, 3.8) is 0 Å². The summed E-state index contributed by atoms with van der Waals surface area (Å²) in [5, 5.41) is 8.59. The van der Waals surface area contributed by atoms with E-state index in [1.165, 1.54) is 18.2 Å². The molecule has 0 aliphatic rings. The Balaban J connectivity index is 3.09. The van der Waals surface area contributed by atoms with Crippen LogP contribution in [0.3, 0.4) is 0 Å². The zero-order chi connectivity index (χ0) is 15.8. The summed E-state index contributed by atoms with van der Waals surface area (Å²) < 4.78 is 10.2. The van der Waals surface area contributed by atoms with Gasteiger partial charge in [-0.25, -0.2) is 4.79 Å². The highest BCUT2D eigenvalue weighted by Gasteiger charge is 2.12. The number of hydrogen-bond acceptors (Lipinski definition) is 5. The number of carboxylic acids is 1. The van der Waals surface area contributed by atoms with E-state index in [0.717, 1.165) is 6.08 Å². The molecular formula is C15H16O6. The molecule has 0 spiro atoms. The van der Waals surface area contributed by atoms with E-state index in [-0.39, 0.29) is 24.3 Å². The zero-order valence-electron chi connectivity index (χ0n) is 11.8. The molecule has 1 aromatic rings. The zero-order valence-corrected chi connectivity index (χ0v) is 11.8. The van der Waals surface area contributed by atoms with Crippen molar-refractivity contribution in [1.29, 1.82) is 0 Å². The predicted octanol–water partition coefficient (Wildman–Crippen LogP) is 2.42. The number of ether oxygens (including phenoxy) is 2. The smallest absolute Gasteiger partial charge is 0.328 e. The number of hydrogen-bond donors (Lipinski definition) is 1. The highest BCUT2D eigenvalue weighted by molar-refractivity contribution is 5.85. The van der Waals surface area contributed by atoms with Crippen LogP contribution in [-0.2, 0) is 14.4 Å². The standard InChI is InChI=1S/C15H16O6/c1-3-14(18)20-11-7-5-10(6-8-13(16)17)9-12(11)21-15(19)4-2/h5-9H,3-4H2,1-2H3,(H,16,17)/b8-6+. The summed E-state index contributed by atoms with van der Waals surface area (Å²) >= 11 is 0. The van der Waals surface area contributed by atoms with Crippen molar-refractivity contribution >= 4 is 24.0 Å². The van der Waals surface area contributed by atoms with Crippen LogP contribution < -0.4 is 9.47 Å². The normalized spacial score (nSPS) is 10.4. The molecule has 0 saturated carbocycles. The first-order chi connectivity index (χ1) is 9.96. The number of benzene rings is 1. The van der Waals surface area contributed by atoms with Crippen molar-refractivity contribution < 1.29 is 29.0 Å². The third kappa shape index (κ3) is 5.48. The highest BCUT2D eigenvalue weighted by Crippen LogP contribution is 2.29. The number of carbonyl (C=O) groups is 3. The van der Waals surface area contributed by atoms with Gasteiger partial charge in [0.05, 0.1) is 0 Å². The van der Waals surface area contributed by atoms with E-state index in [4.69, 9.17) is 14.6 Å². The number of aliphatic carboxylic acids is 1. The van der Waals surface area contributed by atoms with E-state index >= 15 is 0 Å². The Morgan fingerprint density at radius 2 is 1.62 bits per heavy atom. The minimum absolute atomic E-state index is 0.0798. The molecule has 1 N–H and O–H groups in total. The SMILES string of the molecule is CCC(=O)Oc1ccc(/C=C/C(=O)O)cc1OC(=O)CC. The van der Waals surface area contributed by atoms with Crippen molar-refractivity contribution in [3.05, 3.63) is 29.8 Å². The molecule has 0 fully saturated rings. The van der Waals surface area contributed by atoms with Gasteiger partial charge in [0.2, 0.25) is 0 Å². The van der Waals surface area contributed by atoms with Crippen LogP contribution in [0.2, 0.25) is 0 Å². The van der Waals surface area contributed by atoms with Gasteiger partial charge >= 0.3 is 17.9 Å². The lowest BCUT2D eigenvalue weighted by atomic mass is 10.2. The molecule has 112 valence electrons. The minimum Gasteiger partial charge on any atom is -0.478 e. The van der Waals surface area contributed by atoms with Gasteiger partial charge in [0, 0.05) is 18.9 Å². The van der Waals surface area contributed by atoms with Crippen LogP contribution in [0.15, 0.2) is 24.3 Å². The molecule has 0 bridgehead atoms. The Labute approximate surface area is 122 Å². The molecule has 0 heterocycles. The van der Waals surface area contributed by atoms with Crippen molar-refractivity contribution in [2.45, 2.75) is 26.7 Å². The summed E-state index contributed by atoms with van der Waals surface area (Å²) in [6.45, 7) is 3.28. The topological polar surface area (TPSA) is 89.9 Å². The van der Waals surface area contributed by atoms with Gasteiger partial charge in [-0.2, -0.15) is 0 Å². The largest absolute Gasteiger partial charge is 0.478 e. The van der Waals surface area contributed by atoms with E-state index in [2.05, 4.69) is 0 Å². The van der Waals surface area contributed by atoms with Crippen molar-refractivity contribution in [1.82, 2.24) is 0 Å². The lowest BCUT2D eigenvalue weighted by Crippen LogP contribution is -2.10. The molecule has 0 unspecified atom stereocenters. The first-order valence-electron chi connectivity index (χ1n) is 6.42. The maximum atomic E-state index is 11.4. The molecule has 6 heteroatoms. The molecule has 0 amide bonds. The fourth-order valence-corrected chi connectivity index (χ4v) is 1.35. The van der Waals surface area contributed by atoms with Crippen LogP contribution in [0.5, 0.6) is 11.5 Å². The summed E-state index contributed by atoms with van der Waals surface area (Å²) in [5.41, 5.74) is 0.507. The van der Waals surface area contributed by atoms with E-state index in [0.29, 0.717) is 5.56 Å². The van der Waals surface area contributed by atoms with Gasteiger partial charge in [-0.15, -0.1) is 0 Å². The molecule has 0 aliphatic heterocycles. The van der Waals surface area contributed by atoms with Crippen LogP contribution in [0.4, 0.5) is 0 Å². The number of carbonyl (C=O) groups excluding carboxylic acids is 2. The summed E-state index contributed by atoms with van der Waals surface area (Å²) in [6.07, 6.45) is 2.65. The molecule has 6 nitrogen and oxygen atoms in total. The first kappa shape index (κ1) is 16.4. The van der Waals surface area contributed by atoms with Crippen molar-refractivity contribution in [2.75, 3.05) is 0 Å². The Kier molecular flexibility index (Phi) is 6.13. The molecule has 0 aromatic heterocycles. The van der Waals surface area contributed by atoms with Crippen LogP contribution in [0.1, 0.15) is 32.3 Å². The molecular weight excluding hydrogens is 276 g/mol. The molecule has 0 radical (unpaired) electrons. The molecule has 1 aromatic carbocycles. The monoisotopic (exact) mass is 292 g/mol. The lowest BCUT2D eigenvalue weighted by molar-refractivity contribution is -0.136. The van der Waals surface area contributed by atoms with Crippen LogP contribution in [0.25, 0.3) is 6.08 Å². The average molecular weight is 292 g/mol. The van der Waals surface area contributed by atoms with Gasteiger partial charge in [-0.05, 0) is 23.8 Å². The second-order valence-electron chi connectivity index (χ2n) is 4.03. The van der Waals surface area contributed by atoms with E-state index in [1.807, 2.05) is 0 Å². The van der Waals surface area contributed by atoms with Gasteiger partial charge in [0.15, 0.2) is 11.5 Å². The van der Waals surface area contributed by atoms with Gasteiger partial charge in [-0.1, -0.05) is 19.9 Å². The Hall–Kier alpha value is -2.63. The summed E-state index contributed by atoms with van der Waals surface area (Å²) in [5.74, 6) is -1.84. The third-order valence-electron chi connectivity index (χ3n) is 2.41. The maximum Gasteiger partial charge on any atom is 0.328 e. The maximum absolute atomic E-state index is 11.4. The van der Waals surface area contributed by atoms with Gasteiger partial charge in [0.1, 0.15) is 0 Å². The van der Waals surface area contributed by atoms with Gasteiger partial charge < -0.3 is 14.6 Å². The second-order valence-corrected chi connectivity index (χ2v) is 4.03. The Morgan fingerprint density at radius 3 is 2.14 bits per heavy atom. The Bertz CT molecular complexity index is 574. The van der Waals surface area contributed by atoms with E-state index < -0.39 is 17.9 Å². The molecule has 0 saturated heterocycles. The fourth-order valence-electron chi connectivity index (χ4n) is 1.35. The first-order valence-corrected chi connectivity index (χ1v) is 6.42. The summed E-state index contributed by atoms with van der Waals surface area (Å²) in [6, 6.07) is 4.44. The molecule has 1 rings (SSSR count). The minimum atomic E-state index is -1.09. The quantitative estimate of drug-likeness (QED) is 0.492. The van der Waals surface area contributed by atoms with Crippen LogP contribution in [0, 0.1) is 0 Å². The predicted molar refractivity (Wildman–Crippen MR) is 75.0 cm³/mol. The molecule has 0 aliphatic carbocycles. The summed E-state index contributed by atoms with van der Waals surface area (Å²) in [7, 11) is 0. The number of esters is 2. The molecule has 0 atom stereocenters. The van der Waals surface area contributed by atoms with Crippen molar-refractivity contribution in [2.24, 2.45) is 0 Å². The average Bonchev–Trinajstić information content (AvgIpc) is 2.46. The van der Waals surface area contributed by atoms with Gasteiger partial charge in [0.25, 0.3) is 0 Å². The number of carboxylic acid groups (broad SMARTS) is 1. The summed E-state index contributed by atoms with van der Waals surface area (Å²) in [4.78, 5) is 33.2. The van der Waals surface area contributed by atoms with E-state index in [1.54, 1.807) is 19.9 Å². The second kappa shape index (κ2) is 7.84. The highest BCUT2D eigenvalue weighted by atomic mass is 16.6. The lowest BCUT2D eigenvalue weighted by Gasteiger charge is -2.10. The van der Waals surface area contributed by atoms with Gasteiger partial charge in [-0.3, -0.25) is 9.59 Å².